The summed E-state index contributed by atoms with van der Waals surface area (Å²) in [6.07, 6.45) is 2.49. The molecule has 0 bridgehead atoms. The summed E-state index contributed by atoms with van der Waals surface area (Å²) in [4.78, 5) is 23.6. The third-order valence-corrected chi connectivity index (χ3v) is 4.57. The van der Waals surface area contributed by atoms with Gasteiger partial charge in [0, 0.05) is 50.9 Å². The van der Waals surface area contributed by atoms with Gasteiger partial charge in [0.15, 0.2) is 17.8 Å². The number of methoxy groups -OCH3 is 1. The number of carbonyl (C=O) groups is 2. The molecule has 2 aromatic rings. The van der Waals surface area contributed by atoms with E-state index in [0.29, 0.717) is 30.9 Å². The molecule has 0 unspecified atom stereocenters. The molecule has 0 spiro atoms. The highest BCUT2D eigenvalue weighted by Crippen LogP contribution is 2.39. The third kappa shape index (κ3) is 5.39. The van der Waals surface area contributed by atoms with Crippen LogP contribution >= 0.6 is 0 Å². The Morgan fingerprint density at radius 1 is 1.23 bits per heavy atom. The summed E-state index contributed by atoms with van der Waals surface area (Å²) in [5, 5.41) is 2.98. The van der Waals surface area contributed by atoms with Crippen molar-refractivity contribution < 1.29 is 28.5 Å². The summed E-state index contributed by atoms with van der Waals surface area (Å²) in [5.41, 5.74) is 2.53. The number of fused-ring (bicyclic) bond motifs is 1. The number of rotatable bonds is 9. The average Bonchev–Trinajstić information content (AvgIpc) is 3.21. The first kappa shape index (κ1) is 21.4. The highest BCUT2D eigenvalue weighted by Gasteiger charge is 2.24. The number of nitrogens with one attached hydrogen (secondary N) is 1. The van der Waals surface area contributed by atoms with E-state index in [-0.39, 0.29) is 5.57 Å². The van der Waals surface area contributed by atoms with Crippen LogP contribution in [0.15, 0.2) is 54.2 Å². The van der Waals surface area contributed by atoms with Crippen LogP contribution in [0.3, 0.4) is 0 Å². The molecule has 158 valence electrons. The molecule has 0 amide bonds. The van der Waals surface area contributed by atoms with Gasteiger partial charge in [-0.25, -0.2) is 4.79 Å². The first-order valence-electron chi connectivity index (χ1n) is 9.58. The van der Waals surface area contributed by atoms with E-state index in [2.05, 4.69) is 5.32 Å². The maximum atomic E-state index is 12.2. The average molecular weight is 411 g/mol. The lowest BCUT2D eigenvalue weighted by atomic mass is 10.1. The van der Waals surface area contributed by atoms with Crippen molar-refractivity contribution in [1.29, 1.82) is 0 Å². The summed E-state index contributed by atoms with van der Waals surface area (Å²) in [6.45, 7) is 4.14. The van der Waals surface area contributed by atoms with Gasteiger partial charge in [0.2, 0.25) is 5.79 Å². The third-order valence-electron chi connectivity index (χ3n) is 4.57. The first-order chi connectivity index (χ1) is 14.4. The maximum absolute atomic E-state index is 12.2. The Labute approximate surface area is 175 Å². The van der Waals surface area contributed by atoms with Crippen molar-refractivity contribution in [3.05, 3.63) is 65.4 Å². The number of esters is 1. The molecule has 0 radical (unpaired) electrons. The molecule has 7 heteroatoms. The van der Waals surface area contributed by atoms with Crippen molar-refractivity contribution in [2.75, 3.05) is 19.0 Å². The molecular weight excluding hydrogens is 386 g/mol. The Balaban J connectivity index is 1.76. The second kappa shape index (κ2) is 9.45. The molecule has 3 rings (SSSR count). The zero-order valence-electron chi connectivity index (χ0n) is 17.3. The van der Waals surface area contributed by atoms with Crippen LogP contribution in [0.5, 0.6) is 11.5 Å². The van der Waals surface area contributed by atoms with Gasteiger partial charge in [0.1, 0.15) is 12.2 Å². The highest BCUT2D eigenvalue weighted by molar-refractivity contribution is 6.08. The molecule has 0 fully saturated rings. The van der Waals surface area contributed by atoms with Gasteiger partial charge in [-0.05, 0) is 11.6 Å². The molecule has 1 aliphatic heterocycles. The molecule has 0 aliphatic carbocycles. The minimum absolute atomic E-state index is 0.163. The predicted molar refractivity (Wildman–Crippen MR) is 111 cm³/mol. The van der Waals surface area contributed by atoms with Crippen LogP contribution < -0.4 is 14.8 Å². The lowest BCUT2D eigenvalue weighted by molar-refractivity contribution is -0.201. The van der Waals surface area contributed by atoms with Gasteiger partial charge < -0.3 is 24.3 Å². The van der Waals surface area contributed by atoms with E-state index in [1.807, 2.05) is 36.4 Å². The molecule has 7 nitrogen and oxygen atoms in total. The molecule has 0 atom stereocenters. The zero-order valence-corrected chi connectivity index (χ0v) is 17.3. The summed E-state index contributed by atoms with van der Waals surface area (Å²) < 4.78 is 21.9. The quantitative estimate of drug-likeness (QED) is 0.168. The minimum Gasteiger partial charge on any atom is -0.489 e. The monoisotopic (exact) mass is 411 g/mol. The van der Waals surface area contributed by atoms with E-state index in [4.69, 9.17) is 18.9 Å². The van der Waals surface area contributed by atoms with Crippen LogP contribution in [0.2, 0.25) is 0 Å². The first-order valence-corrected chi connectivity index (χ1v) is 9.58. The van der Waals surface area contributed by atoms with Gasteiger partial charge in [-0.3, -0.25) is 4.79 Å². The maximum Gasteiger partial charge on any atom is 0.345 e. The van der Waals surface area contributed by atoms with E-state index < -0.39 is 11.8 Å². The molecule has 0 saturated heterocycles. The van der Waals surface area contributed by atoms with Crippen molar-refractivity contribution in [2.45, 2.75) is 32.7 Å². The van der Waals surface area contributed by atoms with Gasteiger partial charge in [-0.1, -0.05) is 30.3 Å². The van der Waals surface area contributed by atoms with Crippen LogP contribution in [0.1, 0.15) is 25.0 Å². The summed E-state index contributed by atoms with van der Waals surface area (Å²) in [5.74, 6) is -0.602. The fourth-order valence-electron chi connectivity index (χ4n) is 2.82. The number of hydrogen-bond acceptors (Lipinski definition) is 7. The van der Waals surface area contributed by atoms with Crippen LogP contribution in [-0.2, 0) is 32.1 Å². The minimum atomic E-state index is -1.14. The van der Waals surface area contributed by atoms with Gasteiger partial charge in [0.25, 0.3) is 0 Å². The van der Waals surface area contributed by atoms with Crippen molar-refractivity contribution in [2.24, 2.45) is 0 Å². The van der Waals surface area contributed by atoms with Gasteiger partial charge in [-0.2, -0.15) is 0 Å². The second-order valence-electron chi connectivity index (χ2n) is 7.19. The van der Waals surface area contributed by atoms with E-state index in [0.717, 1.165) is 23.3 Å². The van der Waals surface area contributed by atoms with E-state index in [9.17, 15) is 9.59 Å². The molecule has 0 saturated carbocycles. The fourth-order valence-corrected chi connectivity index (χ4v) is 2.82. The normalized spacial score (nSPS) is 13.2. The standard InChI is InChI=1S/C23H25NO6/c1-23(2,27-3)30-22(26)18(14-25)13-24-19-11-17-9-10-28-21(17)20(12-19)29-15-16-7-5-4-6-8-16/h4-8,11-14,24H,9-10,15H2,1-3H3/b18-13-. The number of benzene rings is 2. The van der Waals surface area contributed by atoms with E-state index >= 15 is 0 Å². The summed E-state index contributed by atoms with van der Waals surface area (Å²) >= 11 is 0. The lowest BCUT2D eigenvalue weighted by Crippen LogP contribution is -2.31. The van der Waals surface area contributed by atoms with E-state index in [1.165, 1.54) is 13.3 Å². The number of aldehydes is 1. The van der Waals surface area contributed by atoms with Crippen LogP contribution in [0, 0.1) is 0 Å². The summed E-state index contributed by atoms with van der Waals surface area (Å²) in [7, 11) is 1.42. The number of ether oxygens (including phenoxy) is 4. The Morgan fingerprint density at radius 3 is 2.70 bits per heavy atom. The van der Waals surface area contributed by atoms with Gasteiger partial charge >= 0.3 is 5.97 Å². The van der Waals surface area contributed by atoms with E-state index in [1.54, 1.807) is 19.9 Å². The van der Waals surface area contributed by atoms with Crippen molar-refractivity contribution in [1.82, 2.24) is 0 Å². The molecule has 0 aromatic heterocycles. The largest absolute Gasteiger partial charge is 0.489 e. The van der Waals surface area contributed by atoms with Crippen molar-refractivity contribution in [3.8, 4) is 11.5 Å². The predicted octanol–water partition coefficient (Wildman–Crippen LogP) is 3.62. The van der Waals surface area contributed by atoms with Crippen molar-refractivity contribution in [3.63, 3.8) is 0 Å². The Morgan fingerprint density at radius 2 is 2.00 bits per heavy atom. The Bertz CT molecular complexity index is 936. The second-order valence-corrected chi connectivity index (χ2v) is 7.19. The zero-order chi connectivity index (χ0) is 21.6. The van der Waals surface area contributed by atoms with Gasteiger partial charge in [-0.15, -0.1) is 0 Å². The number of anilines is 1. The molecule has 2 aromatic carbocycles. The molecule has 1 heterocycles. The highest BCUT2D eigenvalue weighted by atomic mass is 16.7. The fraction of sp³-hybridized carbons (Fsp3) is 0.304. The molecule has 30 heavy (non-hydrogen) atoms. The molecular formula is C23H25NO6. The van der Waals surface area contributed by atoms with Crippen LogP contribution in [0.25, 0.3) is 0 Å². The smallest absolute Gasteiger partial charge is 0.345 e. The van der Waals surface area contributed by atoms with Crippen molar-refractivity contribution >= 4 is 17.9 Å². The molecule has 1 N–H and O–H groups in total. The molecule has 1 aliphatic rings. The van der Waals surface area contributed by atoms with Gasteiger partial charge in [0.05, 0.1) is 6.61 Å². The Kier molecular flexibility index (Phi) is 6.74. The summed E-state index contributed by atoms with van der Waals surface area (Å²) in [6, 6.07) is 13.5. The number of carbonyl (C=O) groups excluding carboxylic acids is 2. The lowest BCUT2D eigenvalue weighted by Gasteiger charge is -2.22. The Hall–Kier alpha value is -3.32. The van der Waals surface area contributed by atoms with Crippen LogP contribution in [0.4, 0.5) is 5.69 Å². The SMILES string of the molecule is COC(C)(C)OC(=O)/C(C=O)=C\Nc1cc2c(c(OCc3ccccc3)c1)OCC2. The topological polar surface area (TPSA) is 83.1 Å². The van der Waals surface area contributed by atoms with Crippen LogP contribution in [-0.4, -0.2) is 31.8 Å². The number of hydrogen-bond donors (Lipinski definition) is 1.